The number of nitrogens with one attached hydrogen (secondary N) is 1. The first-order chi connectivity index (χ1) is 11.4. The molecule has 2 aromatic rings. The number of nitrogens with zero attached hydrogens (tertiary/aromatic N) is 1. The minimum atomic E-state index is -0.718. The Hall–Kier alpha value is -1.98. The molecular weight excluding hydrogens is 304 g/mol. The molecule has 0 saturated carbocycles. The highest BCUT2D eigenvalue weighted by Gasteiger charge is 2.13. The van der Waals surface area contributed by atoms with E-state index in [9.17, 15) is 9.90 Å². The summed E-state index contributed by atoms with van der Waals surface area (Å²) in [6.07, 6.45) is -0.718. The fourth-order valence-electron chi connectivity index (χ4n) is 2.41. The van der Waals surface area contributed by atoms with E-state index in [2.05, 4.69) is 10.3 Å². The number of hydrogen-bond donors (Lipinski definition) is 2. The quantitative estimate of drug-likeness (QED) is 0.818. The van der Waals surface area contributed by atoms with Crippen molar-refractivity contribution in [1.29, 1.82) is 0 Å². The largest absolute Gasteiger partial charge is 0.389 e. The van der Waals surface area contributed by atoms with Crippen molar-refractivity contribution in [3.05, 3.63) is 41.1 Å². The van der Waals surface area contributed by atoms with Crippen molar-refractivity contribution in [2.75, 3.05) is 19.8 Å². The number of amides is 1. The van der Waals surface area contributed by atoms with Gasteiger partial charge < -0.3 is 15.2 Å². The summed E-state index contributed by atoms with van der Waals surface area (Å²) in [6, 6.07) is 7.80. The highest BCUT2D eigenvalue weighted by atomic mass is 16.5. The number of carbonyl (C=O) groups is 1. The summed E-state index contributed by atoms with van der Waals surface area (Å²) < 4.78 is 5.37. The third-order valence-electron chi connectivity index (χ3n) is 3.67. The van der Waals surface area contributed by atoms with E-state index in [4.69, 9.17) is 4.74 Å². The number of aryl methyl sites for hydroxylation is 2. The van der Waals surface area contributed by atoms with E-state index in [1.165, 1.54) is 0 Å². The summed E-state index contributed by atoms with van der Waals surface area (Å²) in [5.74, 6) is 0.187. The maximum atomic E-state index is 12.4. The van der Waals surface area contributed by atoms with Crippen molar-refractivity contribution in [2.45, 2.75) is 33.8 Å². The molecule has 1 aromatic heterocycles. The molecule has 1 heterocycles. The number of aliphatic hydroxyl groups excluding tert-OH is 1. The van der Waals surface area contributed by atoms with Gasteiger partial charge in [-0.25, -0.2) is 0 Å². The lowest BCUT2D eigenvalue weighted by atomic mass is 10.1. The van der Waals surface area contributed by atoms with Gasteiger partial charge in [-0.3, -0.25) is 9.78 Å². The van der Waals surface area contributed by atoms with Crippen LogP contribution in [0.25, 0.3) is 10.9 Å². The second-order valence-corrected chi connectivity index (χ2v) is 6.61. The molecule has 0 spiro atoms. The molecule has 5 nitrogen and oxygen atoms in total. The van der Waals surface area contributed by atoms with Gasteiger partial charge in [-0.2, -0.15) is 0 Å². The van der Waals surface area contributed by atoms with Crippen LogP contribution in [-0.4, -0.2) is 41.9 Å². The first-order valence-electron chi connectivity index (χ1n) is 8.29. The van der Waals surface area contributed by atoms with Crippen LogP contribution in [0.4, 0.5) is 0 Å². The average molecular weight is 330 g/mol. The first-order valence-corrected chi connectivity index (χ1v) is 8.29. The number of aromatic nitrogens is 1. The van der Waals surface area contributed by atoms with Gasteiger partial charge in [0.1, 0.15) is 0 Å². The van der Waals surface area contributed by atoms with Crippen LogP contribution in [0.3, 0.4) is 0 Å². The molecule has 130 valence electrons. The van der Waals surface area contributed by atoms with Gasteiger partial charge in [0, 0.05) is 18.5 Å². The SMILES string of the molecule is Cc1ccc2cc(C(=O)NCC(O)COCC(C)C)c(C)nc2c1. The Kier molecular flexibility index (Phi) is 6.29. The summed E-state index contributed by atoms with van der Waals surface area (Å²) in [5, 5.41) is 13.5. The van der Waals surface area contributed by atoms with Crippen LogP contribution >= 0.6 is 0 Å². The van der Waals surface area contributed by atoms with Gasteiger partial charge in [0.15, 0.2) is 0 Å². The van der Waals surface area contributed by atoms with Gasteiger partial charge in [0.2, 0.25) is 0 Å². The summed E-state index contributed by atoms with van der Waals surface area (Å²) in [7, 11) is 0. The second kappa shape index (κ2) is 8.22. The Morgan fingerprint density at radius 2 is 2.00 bits per heavy atom. The number of benzene rings is 1. The number of pyridine rings is 1. The molecule has 0 saturated heterocycles. The highest BCUT2D eigenvalue weighted by molar-refractivity contribution is 5.98. The van der Waals surface area contributed by atoms with E-state index in [1.54, 1.807) is 0 Å². The zero-order valence-corrected chi connectivity index (χ0v) is 14.8. The van der Waals surface area contributed by atoms with Gasteiger partial charge in [-0.15, -0.1) is 0 Å². The summed E-state index contributed by atoms with van der Waals surface area (Å²) in [5.41, 5.74) is 3.22. The molecule has 1 unspecified atom stereocenters. The zero-order valence-electron chi connectivity index (χ0n) is 14.8. The molecule has 0 aliphatic heterocycles. The predicted octanol–water partition coefficient (Wildman–Crippen LogP) is 2.61. The van der Waals surface area contributed by atoms with Gasteiger partial charge in [0.25, 0.3) is 5.91 Å². The van der Waals surface area contributed by atoms with Crippen molar-refractivity contribution in [3.8, 4) is 0 Å². The van der Waals surface area contributed by atoms with E-state index < -0.39 is 6.10 Å². The molecule has 5 heteroatoms. The van der Waals surface area contributed by atoms with Crippen LogP contribution in [-0.2, 0) is 4.74 Å². The maximum absolute atomic E-state index is 12.4. The average Bonchev–Trinajstić information content (AvgIpc) is 2.51. The minimum absolute atomic E-state index is 0.155. The Morgan fingerprint density at radius 3 is 2.71 bits per heavy atom. The monoisotopic (exact) mass is 330 g/mol. The summed E-state index contributed by atoms with van der Waals surface area (Å²) in [4.78, 5) is 16.9. The Labute approximate surface area is 143 Å². The molecule has 0 aliphatic rings. The summed E-state index contributed by atoms with van der Waals surface area (Å²) >= 11 is 0. The van der Waals surface area contributed by atoms with Gasteiger partial charge in [0.05, 0.1) is 29.5 Å². The molecule has 24 heavy (non-hydrogen) atoms. The molecule has 1 aromatic carbocycles. The minimum Gasteiger partial charge on any atom is -0.389 e. The van der Waals surface area contributed by atoms with E-state index in [0.717, 1.165) is 16.5 Å². The standard InChI is InChI=1S/C19H26N2O3/c1-12(2)10-24-11-16(22)9-20-19(23)17-8-15-6-5-13(3)7-18(15)21-14(17)4/h5-8,12,16,22H,9-11H2,1-4H3,(H,20,23). The van der Waals surface area contributed by atoms with Crippen LogP contribution in [0.15, 0.2) is 24.3 Å². The highest BCUT2D eigenvalue weighted by Crippen LogP contribution is 2.18. The summed E-state index contributed by atoms with van der Waals surface area (Å²) in [6.45, 7) is 8.89. The van der Waals surface area contributed by atoms with E-state index in [1.807, 2.05) is 52.0 Å². The number of ether oxygens (including phenoxy) is 1. The fraction of sp³-hybridized carbons (Fsp3) is 0.474. The number of rotatable bonds is 7. The smallest absolute Gasteiger partial charge is 0.253 e. The van der Waals surface area contributed by atoms with Crippen molar-refractivity contribution in [1.82, 2.24) is 10.3 Å². The second-order valence-electron chi connectivity index (χ2n) is 6.61. The number of carbonyl (C=O) groups excluding carboxylic acids is 1. The predicted molar refractivity (Wildman–Crippen MR) is 95.2 cm³/mol. The van der Waals surface area contributed by atoms with Gasteiger partial charge in [-0.05, 0) is 37.5 Å². The Bertz CT molecular complexity index is 713. The lowest BCUT2D eigenvalue weighted by molar-refractivity contribution is 0.0259. The molecule has 0 fully saturated rings. The zero-order chi connectivity index (χ0) is 17.7. The topological polar surface area (TPSA) is 71.5 Å². The lowest BCUT2D eigenvalue weighted by Gasteiger charge is -2.14. The van der Waals surface area contributed by atoms with E-state index in [-0.39, 0.29) is 19.1 Å². The van der Waals surface area contributed by atoms with E-state index in [0.29, 0.717) is 23.8 Å². The van der Waals surface area contributed by atoms with Crippen molar-refractivity contribution < 1.29 is 14.6 Å². The van der Waals surface area contributed by atoms with Crippen molar-refractivity contribution in [2.24, 2.45) is 5.92 Å². The van der Waals surface area contributed by atoms with Crippen LogP contribution in [0.1, 0.15) is 35.5 Å². The normalized spacial score (nSPS) is 12.6. The molecule has 0 radical (unpaired) electrons. The molecule has 0 bridgehead atoms. The first kappa shape index (κ1) is 18.4. The number of fused-ring (bicyclic) bond motifs is 1. The third-order valence-corrected chi connectivity index (χ3v) is 3.67. The van der Waals surface area contributed by atoms with Crippen molar-refractivity contribution in [3.63, 3.8) is 0 Å². The van der Waals surface area contributed by atoms with Crippen LogP contribution in [0.2, 0.25) is 0 Å². The third kappa shape index (κ3) is 5.01. The van der Waals surface area contributed by atoms with Crippen molar-refractivity contribution >= 4 is 16.8 Å². The fourth-order valence-corrected chi connectivity index (χ4v) is 2.41. The number of aliphatic hydroxyl groups is 1. The lowest BCUT2D eigenvalue weighted by Crippen LogP contribution is -2.35. The molecule has 1 atom stereocenters. The molecular formula is C19H26N2O3. The molecule has 2 rings (SSSR count). The van der Waals surface area contributed by atoms with Gasteiger partial charge in [-0.1, -0.05) is 26.0 Å². The Morgan fingerprint density at radius 1 is 1.25 bits per heavy atom. The maximum Gasteiger partial charge on any atom is 0.253 e. The number of hydrogen-bond acceptors (Lipinski definition) is 4. The van der Waals surface area contributed by atoms with E-state index >= 15 is 0 Å². The van der Waals surface area contributed by atoms with Crippen LogP contribution in [0.5, 0.6) is 0 Å². The van der Waals surface area contributed by atoms with Gasteiger partial charge >= 0.3 is 0 Å². The van der Waals surface area contributed by atoms with Crippen LogP contribution < -0.4 is 5.32 Å². The Balaban J connectivity index is 1.98. The van der Waals surface area contributed by atoms with Crippen LogP contribution in [0, 0.1) is 19.8 Å². The molecule has 0 aliphatic carbocycles. The molecule has 1 amide bonds. The molecule has 2 N–H and O–H groups in total.